The Bertz CT molecular complexity index is 390. The largest absolute Gasteiger partial charge is 0.466 e. The van der Waals surface area contributed by atoms with Gasteiger partial charge >= 0.3 is 5.97 Å². The van der Waals surface area contributed by atoms with E-state index in [2.05, 4.69) is 19.7 Å². The summed E-state index contributed by atoms with van der Waals surface area (Å²) in [5.74, 6) is -0.0328. The fraction of sp³-hybridized carbons (Fsp3) is 0.750. The number of carbonyl (C=O) groups is 1. The van der Waals surface area contributed by atoms with Crippen LogP contribution in [0, 0.1) is 0 Å². The highest BCUT2D eigenvalue weighted by atomic mass is 16.5. The van der Waals surface area contributed by atoms with Gasteiger partial charge in [-0.2, -0.15) is 0 Å². The van der Waals surface area contributed by atoms with Gasteiger partial charge in [-0.05, 0) is 57.8 Å². The average molecular weight is 437 g/mol. The second kappa shape index (κ2) is 30.8. The maximum atomic E-state index is 11.4. The van der Waals surface area contributed by atoms with Crippen molar-refractivity contribution in [2.75, 3.05) is 13.2 Å². The summed E-state index contributed by atoms with van der Waals surface area (Å²) < 4.78 is 5.22. The molecule has 0 saturated heterocycles. The summed E-state index contributed by atoms with van der Waals surface area (Å²) >= 11 is 0. The van der Waals surface area contributed by atoms with Crippen molar-refractivity contribution in [3.63, 3.8) is 0 Å². The van der Waals surface area contributed by atoms with Crippen molar-refractivity contribution in [2.45, 2.75) is 122 Å². The molecular formula is C28H52O3. The molecule has 0 atom stereocenters. The zero-order valence-corrected chi connectivity index (χ0v) is 20.5. The maximum absolute atomic E-state index is 11.4. The lowest BCUT2D eigenvalue weighted by molar-refractivity contribution is -0.143. The third-order valence-electron chi connectivity index (χ3n) is 5.17. The Balaban J connectivity index is 0. The Hall–Kier alpha value is -1.35. The highest BCUT2D eigenvalue weighted by Gasteiger charge is 2.02. The number of allylic oxidation sites excluding steroid dienone is 3. The van der Waals surface area contributed by atoms with Crippen molar-refractivity contribution in [2.24, 2.45) is 0 Å². The molecule has 0 aromatic heterocycles. The predicted octanol–water partition coefficient (Wildman–Crippen LogP) is 8.48. The summed E-state index contributed by atoms with van der Waals surface area (Å²) in [7, 11) is 0. The van der Waals surface area contributed by atoms with Crippen LogP contribution in [0.2, 0.25) is 0 Å². The first kappa shape index (κ1) is 31.8. The van der Waals surface area contributed by atoms with E-state index in [1.54, 1.807) is 0 Å². The molecule has 0 radical (unpaired) electrons. The van der Waals surface area contributed by atoms with Crippen LogP contribution in [0.1, 0.15) is 122 Å². The van der Waals surface area contributed by atoms with Crippen molar-refractivity contribution in [3.8, 4) is 0 Å². The molecule has 0 amide bonds. The van der Waals surface area contributed by atoms with Crippen LogP contribution in [0.4, 0.5) is 0 Å². The lowest BCUT2D eigenvalue weighted by Gasteiger charge is -2.05. The summed E-state index contributed by atoms with van der Waals surface area (Å²) in [6, 6.07) is 0. The number of esters is 1. The number of unbranched alkanes of at least 4 members (excludes halogenated alkanes) is 15. The van der Waals surface area contributed by atoms with E-state index in [-0.39, 0.29) is 5.97 Å². The van der Waals surface area contributed by atoms with Crippen molar-refractivity contribution in [3.05, 3.63) is 38.0 Å². The zero-order chi connectivity index (χ0) is 23.3. The minimum Gasteiger partial charge on any atom is -0.466 e. The molecule has 0 saturated carbocycles. The van der Waals surface area contributed by atoms with Crippen molar-refractivity contribution in [1.82, 2.24) is 0 Å². The Labute approximate surface area is 194 Å². The Kier molecular flexibility index (Phi) is 31.7. The van der Waals surface area contributed by atoms with E-state index < -0.39 is 0 Å². The Morgan fingerprint density at radius 2 is 0.968 bits per heavy atom. The Morgan fingerprint density at radius 3 is 1.42 bits per heavy atom. The van der Waals surface area contributed by atoms with Gasteiger partial charge in [0.2, 0.25) is 0 Å². The molecule has 0 rings (SSSR count). The Morgan fingerprint density at radius 1 is 0.581 bits per heavy atom. The second-order valence-corrected chi connectivity index (χ2v) is 8.23. The van der Waals surface area contributed by atoms with E-state index >= 15 is 0 Å². The van der Waals surface area contributed by atoms with Gasteiger partial charge in [0.1, 0.15) is 0 Å². The van der Waals surface area contributed by atoms with Gasteiger partial charge in [-0.15, -0.1) is 19.7 Å². The minimum absolute atomic E-state index is 0.0328. The molecular weight excluding hydrogens is 384 g/mol. The normalized spacial score (nSPS) is 10.1. The van der Waals surface area contributed by atoms with Crippen molar-refractivity contribution < 1.29 is 14.6 Å². The first-order valence-corrected chi connectivity index (χ1v) is 12.8. The van der Waals surface area contributed by atoms with Gasteiger partial charge in [0.15, 0.2) is 0 Å². The summed E-state index contributed by atoms with van der Waals surface area (Å²) in [5, 5.41) is 8.49. The summed E-state index contributed by atoms with van der Waals surface area (Å²) in [5.41, 5.74) is 0. The van der Waals surface area contributed by atoms with Crippen LogP contribution >= 0.6 is 0 Å². The number of hydrogen-bond acceptors (Lipinski definition) is 3. The first-order chi connectivity index (χ1) is 15.2. The lowest BCUT2D eigenvalue weighted by Crippen LogP contribution is -2.05. The van der Waals surface area contributed by atoms with E-state index in [0.717, 1.165) is 51.4 Å². The molecule has 31 heavy (non-hydrogen) atoms. The fourth-order valence-corrected chi connectivity index (χ4v) is 3.20. The van der Waals surface area contributed by atoms with Crippen LogP contribution in [0.25, 0.3) is 0 Å². The van der Waals surface area contributed by atoms with Crippen LogP contribution < -0.4 is 0 Å². The molecule has 0 aliphatic rings. The standard InChI is InChI=1S/C18H32O2.C10H20O/c1-3-5-7-9-10-11-13-15-17-20-18(19)16-14-12-8-6-4-2;1-2-3-4-5-6-7-8-9-10-11/h3-4H,1-2,5-17H2;2,11H,1,3-10H2. The highest BCUT2D eigenvalue weighted by Crippen LogP contribution is 2.09. The minimum atomic E-state index is -0.0328. The molecule has 0 aromatic carbocycles. The molecule has 0 unspecified atom stereocenters. The van der Waals surface area contributed by atoms with Gasteiger partial charge in [-0.3, -0.25) is 4.79 Å². The van der Waals surface area contributed by atoms with Gasteiger partial charge in [0.05, 0.1) is 6.61 Å². The van der Waals surface area contributed by atoms with E-state index in [9.17, 15) is 4.79 Å². The van der Waals surface area contributed by atoms with E-state index in [1.165, 1.54) is 64.2 Å². The number of aliphatic hydroxyl groups excluding tert-OH is 1. The number of aliphatic hydroxyl groups is 1. The lowest BCUT2D eigenvalue weighted by atomic mass is 10.1. The third kappa shape index (κ3) is 33.5. The van der Waals surface area contributed by atoms with Gasteiger partial charge in [0, 0.05) is 13.0 Å². The molecule has 182 valence electrons. The molecule has 0 aromatic rings. The van der Waals surface area contributed by atoms with Gasteiger partial charge in [-0.25, -0.2) is 0 Å². The molecule has 0 spiro atoms. The van der Waals surface area contributed by atoms with E-state index in [0.29, 0.717) is 19.6 Å². The van der Waals surface area contributed by atoms with Crippen molar-refractivity contribution >= 4 is 5.97 Å². The van der Waals surface area contributed by atoms with Crippen LogP contribution in [0.15, 0.2) is 38.0 Å². The third-order valence-corrected chi connectivity index (χ3v) is 5.17. The van der Waals surface area contributed by atoms with E-state index in [1.807, 2.05) is 18.2 Å². The summed E-state index contributed by atoms with van der Waals surface area (Å²) in [6.45, 7) is 12.0. The molecule has 0 bridgehead atoms. The van der Waals surface area contributed by atoms with Crippen LogP contribution in [-0.2, 0) is 9.53 Å². The topological polar surface area (TPSA) is 46.5 Å². The van der Waals surface area contributed by atoms with Gasteiger partial charge < -0.3 is 9.84 Å². The molecule has 1 N–H and O–H groups in total. The number of carbonyl (C=O) groups excluding carboxylic acids is 1. The predicted molar refractivity (Wildman–Crippen MR) is 136 cm³/mol. The van der Waals surface area contributed by atoms with Crippen molar-refractivity contribution in [1.29, 1.82) is 0 Å². The quantitative estimate of drug-likeness (QED) is 0.0992. The van der Waals surface area contributed by atoms with Gasteiger partial charge in [0.25, 0.3) is 0 Å². The monoisotopic (exact) mass is 436 g/mol. The fourth-order valence-electron chi connectivity index (χ4n) is 3.20. The van der Waals surface area contributed by atoms with Crippen LogP contribution in [0.5, 0.6) is 0 Å². The summed E-state index contributed by atoms with van der Waals surface area (Å²) in [4.78, 5) is 11.4. The molecule has 3 heteroatoms. The SMILES string of the molecule is C=CCCCCCCCCO.C=CCCCCCCCCOC(=O)CCCCCC=C. The highest BCUT2D eigenvalue weighted by molar-refractivity contribution is 5.69. The maximum Gasteiger partial charge on any atom is 0.305 e. The summed E-state index contributed by atoms with van der Waals surface area (Å²) in [6.07, 6.45) is 27.5. The van der Waals surface area contributed by atoms with E-state index in [4.69, 9.17) is 9.84 Å². The average Bonchev–Trinajstić information content (AvgIpc) is 2.78. The molecule has 0 aliphatic carbocycles. The molecule has 0 heterocycles. The smallest absolute Gasteiger partial charge is 0.305 e. The number of hydrogen-bond donors (Lipinski definition) is 1. The zero-order valence-electron chi connectivity index (χ0n) is 20.5. The number of ether oxygens (including phenoxy) is 1. The molecule has 0 aliphatic heterocycles. The number of rotatable bonds is 23. The first-order valence-electron chi connectivity index (χ1n) is 12.8. The van der Waals surface area contributed by atoms with Gasteiger partial charge in [-0.1, -0.05) is 76.0 Å². The van der Waals surface area contributed by atoms with Crippen LogP contribution in [-0.4, -0.2) is 24.3 Å². The van der Waals surface area contributed by atoms with Crippen LogP contribution in [0.3, 0.4) is 0 Å². The molecule has 0 fully saturated rings. The molecule has 3 nitrogen and oxygen atoms in total. The second-order valence-electron chi connectivity index (χ2n) is 8.23.